The van der Waals surface area contributed by atoms with Crippen LogP contribution in [-0.2, 0) is 29.1 Å². The van der Waals surface area contributed by atoms with Crippen LogP contribution in [0.4, 0.5) is 0 Å². The molecule has 12 heteroatoms. The number of benzene rings is 1. The highest BCUT2D eigenvalue weighted by atomic mass is 35.6. The molecule has 7 nitrogen and oxygen atoms in total. The third kappa shape index (κ3) is 5.23. The smallest absolute Gasteiger partial charge is 0.274 e. The number of methoxy groups -OCH3 is 1. The summed E-state index contributed by atoms with van der Waals surface area (Å²) in [4.78, 5) is 0.0438. The molecular weight excluding hydrogens is 449 g/mol. The fourth-order valence-corrected chi connectivity index (χ4v) is 6.28. The van der Waals surface area contributed by atoms with Crippen molar-refractivity contribution >= 4 is 54.9 Å². The van der Waals surface area contributed by atoms with Gasteiger partial charge in [0.15, 0.2) is 0 Å². The summed E-state index contributed by atoms with van der Waals surface area (Å²) in [6.07, 6.45) is -0.789. The number of rotatable bonds is 6. The highest BCUT2D eigenvalue weighted by molar-refractivity contribution is 7.89. The average Bonchev–Trinajstić information content (AvgIpc) is 2.59. The van der Waals surface area contributed by atoms with Crippen LogP contribution >= 0.6 is 34.8 Å². The van der Waals surface area contributed by atoms with Gasteiger partial charge in [-0.15, -0.1) is 0 Å². The lowest BCUT2D eigenvalue weighted by Crippen LogP contribution is -2.54. The van der Waals surface area contributed by atoms with Gasteiger partial charge in [0, 0.05) is 13.7 Å². The molecule has 2 atom stereocenters. The van der Waals surface area contributed by atoms with Crippen molar-refractivity contribution in [3.05, 3.63) is 30.3 Å². The normalized spacial score (nSPS) is 23.1. The molecule has 0 aromatic heterocycles. The molecule has 2 rings (SSSR count). The number of sulfonamides is 1. The highest BCUT2D eigenvalue weighted by Crippen LogP contribution is 2.32. The first-order valence-corrected chi connectivity index (χ1v) is 11.6. The predicted molar refractivity (Wildman–Crippen MR) is 99.3 cm³/mol. The zero-order valence-electron chi connectivity index (χ0n) is 13.7. The van der Waals surface area contributed by atoms with Gasteiger partial charge in [-0.3, -0.25) is 4.18 Å². The van der Waals surface area contributed by atoms with Gasteiger partial charge in [0.2, 0.25) is 13.8 Å². The molecule has 0 bridgehead atoms. The van der Waals surface area contributed by atoms with Crippen LogP contribution in [0.25, 0.3) is 0 Å². The van der Waals surface area contributed by atoms with Gasteiger partial charge in [-0.05, 0) is 25.0 Å². The minimum absolute atomic E-state index is 0.0438. The first-order valence-electron chi connectivity index (χ1n) is 7.54. The Morgan fingerprint density at radius 2 is 1.77 bits per heavy atom. The summed E-state index contributed by atoms with van der Waals surface area (Å²) >= 11 is 16.6. The van der Waals surface area contributed by atoms with Crippen LogP contribution in [-0.4, -0.2) is 56.7 Å². The monoisotopic (exact) mass is 465 g/mol. The van der Waals surface area contributed by atoms with Crippen molar-refractivity contribution < 1.29 is 25.8 Å². The number of halogens is 3. The Kier molecular flexibility index (Phi) is 7.23. The number of nitrogens with zero attached hydrogens (tertiary/aromatic N) is 1. The van der Waals surface area contributed by atoms with Crippen LogP contribution in [0.2, 0.25) is 0 Å². The third-order valence-electron chi connectivity index (χ3n) is 3.82. The summed E-state index contributed by atoms with van der Waals surface area (Å²) in [5.74, 6) is 0. The topological polar surface area (TPSA) is 90.0 Å². The van der Waals surface area contributed by atoms with E-state index >= 15 is 0 Å². The van der Waals surface area contributed by atoms with Crippen molar-refractivity contribution in [1.29, 1.82) is 0 Å². The van der Waals surface area contributed by atoms with E-state index in [0.717, 1.165) is 4.31 Å². The number of ether oxygens (including phenoxy) is 1. The van der Waals surface area contributed by atoms with Crippen LogP contribution in [0.5, 0.6) is 0 Å². The van der Waals surface area contributed by atoms with Crippen molar-refractivity contribution in [2.45, 2.75) is 33.0 Å². The molecular formula is C14H18Cl3NO6S2. The molecule has 1 heterocycles. The van der Waals surface area contributed by atoms with E-state index in [2.05, 4.69) is 0 Å². The molecule has 0 radical (unpaired) electrons. The van der Waals surface area contributed by atoms with Crippen molar-refractivity contribution in [2.75, 3.05) is 20.3 Å². The van der Waals surface area contributed by atoms with E-state index in [1.54, 1.807) is 18.2 Å². The van der Waals surface area contributed by atoms with Crippen molar-refractivity contribution in [3.63, 3.8) is 0 Å². The minimum atomic E-state index is -4.24. The van der Waals surface area contributed by atoms with Gasteiger partial charge < -0.3 is 4.74 Å². The Morgan fingerprint density at radius 1 is 1.15 bits per heavy atom. The van der Waals surface area contributed by atoms with Crippen LogP contribution < -0.4 is 0 Å². The molecule has 1 aliphatic rings. The largest absolute Gasteiger partial charge is 0.364 e. The van der Waals surface area contributed by atoms with Crippen LogP contribution in [0.1, 0.15) is 12.8 Å². The molecule has 0 aliphatic carbocycles. The molecule has 1 aromatic carbocycles. The summed E-state index contributed by atoms with van der Waals surface area (Å²) in [5, 5.41) is -1.24. The standard InChI is InChI=1S/C14H18Cl3NO6S2/c1-23-13-12(26(21,22)24-10-14(15,16)17)8-5-9-18(13)25(19,20)11-6-3-2-4-7-11/h2-4,6-7,12-13H,5,8-10H2,1H3/t12-,13+/m1/s1. The zero-order chi connectivity index (χ0) is 19.6. The number of hydrogen-bond acceptors (Lipinski definition) is 6. The first kappa shape index (κ1) is 22.2. The van der Waals surface area contributed by atoms with Crippen LogP contribution in [0, 0.1) is 0 Å². The second-order valence-corrected chi connectivity index (χ2v) is 11.8. The molecule has 0 saturated carbocycles. The highest BCUT2D eigenvalue weighted by Gasteiger charge is 2.46. The predicted octanol–water partition coefficient (Wildman–Crippen LogP) is 2.53. The molecule has 1 saturated heterocycles. The summed E-state index contributed by atoms with van der Waals surface area (Å²) in [7, 11) is -6.95. The van der Waals surface area contributed by atoms with E-state index in [9.17, 15) is 16.8 Å². The molecule has 0 spiro atoms. The molecule has 0 unspecified atom stereocenters. The number of alkyl halides is 3. The van der Waals surface area contributed by atoms with Gasteiger partial charge >= 0.3 is 0 Å². The molecule has 1 aliphatic heterocycles. The van der Waals surface area contributed by atoms with E-state index in [1.807, 2.05) is 0 Å². The lowest BCUT2D eigenvalue weighted by atomic mass is 10.1. The van der Waals surface area contributed by atoms with Crippen molar-refractivity contribution in [1.82, 2.24) is 4.31 Å². The SMILES string of the molecule is CO[C@H]1[C@H](S(=O)(=O)OCC(Cl)(Cl)Cl)CCCN1S(=O)(=O)c1ccccc1. The van der Waals surface area contributed by atoms with E-state index in [4.69, 9.17) is 43.7 Å². The van der Waals surface area contributed by atoms with Gasteiger partial charge in [0.25, 0.3) is 10.1 Å². The van der Waals surface area contributed by atoms with Gasteiger partial charge in [0.1, 0.15) is 18.1 Å². The Morgan fingerprint density at radius 3 is 2.31 bits per heavy atom. The van der Waals surface area contributed by atoms with Gasteiger partial charge in [-0.1, -0.05) is 53.0 Å². The zero-order valence-corrected chi connectivity index (χ0v) is 17.6. The van der Waals surface area contributed by atoms with Gasteiger partial charge in [-0.2, -0.15) is 12.7 Å². The Bertz CT molecular complexity index is 811. The fourth-order valence-electron chi connectivity index (χ4n) is 2.68. The van der Waals surface area contributed by atoms with E-state index in [0.29, 0.717) is 6.42 Å². The second-order valence-electron chi connectivity index (χ2n) is 5.61. The lowest BCUT2D eigenvalue weighted by molar-refractivity contribution is -0.00719. The minimum Gasteiger partial charge on any atom is -0.364 e. The van der Waals surface area contributed by atoms with Crippen LogP contribution in [0.3, 0.4) is 0 Å². The Balaban J connectivity index is 2.31. The van der Waals surface area contributed by atoms with Crippen LogP contribution in [0.15, 0.2) is 35.2 Å². The molecule has 148 valence electrons. The van der Waals surface area contributed by atoms with Gasteiger partial charge in [0.05, 0.1) is 4.90 Å². The Labute approximate surface area is 168 Å². The maximum atomic E-state index is 12.9. The van der Waals surface area contributed by atoms with E-state index < -0.39 is 42.0 Å². The number of piperidine rings is 1. The molecule has 1 fully saturated rings. The molecule has 26 heavy (non-hydrogen) atoms. The first-order chi connectivity index (χ1) is 12.0. The van der Waals surface area contributed by atoms with Crippen molar-refractivity contribution in [2.24, 2.45) is 0 Å². The number of hydrogen-bond donors (Lipinski definition) is 0. The summed E-state index contributed by atoms with van der Waals surface area (Å²) < 4.78 is 60.0. The molecule has 0 N–H and O–H groups in total. The molecule has 0 amide bonds. The average molecular weight is 467 g/mol. The lowest BCUT2D eigenvalue weighted by Gasteiger charge is -2.38. The fraction of sp³-hybridized carbons (Fsp3) is 0.571. The maximum absolute atomic E-state index is 12.9. The van der Waals surface area contributed by atoms with E-state index in [-0.39, 0.29) is 17.9 Å². The second kappa shape index (κ2) is 8.48. The van der Waals surface area contributed by atoms with Gasteiger partial charge in [-0.25, -0.2) is 8.42 Å². The quantitative estimate of drug-likeness (QED) is 0.473. The molecule has 1 aromatic rings. The summed E-state index contributed by atoms with van der Waals surface area (Å²) in [6, 6.07) is 7.70. The van der Waals surface area contributed by atoms with E-state index in [1.165, 1.54) is 19.2 Å². The Hall–Kier alpha value is -0.130. The van der Waals surface area contributed by atoms with Crippen molar-refractivity contribution in [3.8, 4) is 0 Å². The third-order valence-corrected chi connectivity index (χ3v) is 7.68. The maximum Gasteiger partial charge on any atom is 0.274 e. The summed E-state index contributed by atoms with van der Waals surface area (Å²) in [6.45, 7) is -0.565. The summed E-state index contributed by atoms with van der Waals surface area (Å²) in [5.41, 5.74) is 0.